The lowest BCUT2D eigenvalue weighted by atomic mass is 10.3. The molecule has 0 amide bonds. The second-order valence-electron chi connectivity index (χ2n) is 2.93. The van der Waals surface area contributed by atoms with Gasteiger partial charge < -0.3 is 5.73 Å². The molecule has 2 N–H and O–H groups in total. The molecule has 1 aromatic heterocycles. The minimum atomic E-state index is 0.450. The zero-order chi connectivity index (χ0) is 8.43. The predicted octanol–water partition coefficient (Wildman–Crippen LogP) is 1.74. The van der Waals surface area contributed by atoms with Crippen LogP contribution in [0.5, 0.6) is 0 Å². The molecular formula is C8H15N3. The van der Waals surface area contributed by atoms with E-state index in [9.17, 15) is 0 Å². The fourth-order valence-corrected chi connectivity index (χ4v) is 0.910. The molecule has 1 unspecified atom stereocenters. The molecular weight excluding hydrogens is 138 g/mol. The molecule has 3 heteroatoms. The van der Waals surface area contributed by atoms with E-state index in [1.807, 2.05) is 17.8 Å². The van der Waals surface area contributed by atoms with Gasteiger partial charge in [-0.25, -0.2) is 0 Å². The molecule has 0 bridgehead atoms. The molecule has 0 aromatic carbocycles. The third-order valence-corrected chi connectivity index (χ3v) is 2.00. The quantitative estimate of drug-likeness (QED) is 0.703. The maximum absolute atomic E-state index is 5.60. The van der Waals surface area contributed by atoms with Gasteiger partial charge in [-0.3, -0.25) is 4.68 Å². The van der Waals surface area contributed by atoms with Crippen LogP contribution in [0.2, 0.25) is 0 Å². The van der Waals surface area contributed by atoms with Crippen LogP contribution >= 0.6 is 0 Å². The number of anilines is 1. The molecule has 1 atom stereocenters. The second kappa shape index (κ2) is 2.95. The Morgan fingerprint density at radius 2 is 2.36 bits per heavy atom. The highest BCUT2D eigenvalue weighted by Gasteiger charge is 2.04. The van der Waals surface area contributed by atoms with Gasteiger partial charge in [0.15, 0.2) is 0 Å². The van der Waals surface area contributed by atoms with E-state index in [0.29, 0.717) is 11.9 Å². The first-order chi connectivity index (χ1) is 5.15. The highest BCUT2D eigenvalue weighted by atomic mass is 15.3. The van der Waals surface area contributed by atoms with E-state index >= 15 is 0 Å². The molecule has 0 saturated carbocycles. The standard InChI is InChI=1S/C8H15N3/c1-4-7(3)11-5-6(2)8(9)10-11/h5,7H,4H2,1-3H3,(H2,9,10). The van der Waals surface area contributed by atoms with Crippen molar-refractivity contribution in [1.82, 2.24) is 9.78 Å². The molecule has 62 valence electrons. The molecule has 1 heterocycles. The largest absolute Gasteiger partial charge is 0.382 e. The molecule has 0 saturated heterocycles. The van der Waals surface area contributed by atoms with Gasteiger partial charge in [0, 0.05) is 17.8 Å². The number of rotatable bonds is 2. The maximum Gasteiger partial charge on any atom is 0.148 e. The van der Waals surface area contributed by atoms with Gasteiger partial charge in [0.1, 0.15) is 5.82 Å². The fourth-order valence-electron chi connectivity index (χ4n) is 0.910. The number of hydrogen-bond donors (Lipinski definition) is 1. The van der Waals surface area contributed by atoms with Gasteiger partial charge in [-0.15, -0.1) is 0 Å². The molecule has 3 nitrogen and oxygen atoms in total. The highest BCUT2D eigenvalue weighted by molar-refractivity contribution is 5.35. The lowest BCUT2D eigenvalue weighted by molar-refractivity contribution is 0.479. The number of nitrogens with zero attached hydrogens (tertiary/aromatic N) is 2. The molecule has 0 spiro atoms. The van der Waals surface area contributed by atoms with Crippen LogP contribution in [0.4, 0.5) is 5.82 Å². The Balaban J connectivity index is 2.88. The summed E-state index contributed by atoms with van der Waals surface area (Å²) in [7, 11) is 0. The summed E-state index contributed by atoms with van der Waals surface area (Å²) in [5.74, 6) is 0.644. The Morgan fingerprint density at radius 3 is 2.73 bits per heavy atom. The molecule has 0 aliphatic carbocycles. The van der Waals surface area contributed by atoms with Gasteiger partial charge in [-0.2, -0.15) is 5.10 Å². The van der Waals surface area contributed by atoms with E-state index in [1.54, 1.807) is 0 Å². The zero-order valence-corrected chi connectivity index (χ0v) is 7.33. The average Bonchev–Trinajstić information content (AvgIpc) is 2.31. The topological polar surface area (TPSA) is 43.8 Å². The van der Waals surface area contributed by atoms with Crippen molar-refractivity contribution >= 4 is 5.82 Å². The van der Waals surface area contributed by atoms with E-state index in [4.69, 9.17) is 5.73 Å². The van der Waals surface area contributed by atoms with Crippen LogP contribution < -0.4 is 5.73 Å². The Bertz CT molecular complexity index is 220. The molecule has 11 heavy (non-hydrogen) atoms. The number of aryl methyl sites for hydroxylation is 1. The van der Waals surface area contributed by atoms with Crippen molar-refractivity contribution in [3.8, 4) is 0 Å². The fraction of sp³-hybridized carbons (Fsp3) is 0.625. The second-order valence-corrected chi connectivity index (χ2v) is 2.93. The monoisotopic (exact) mass is 153 g/mol. The molecule has 1 aromatic rings. The molecule has 1 rings (SSSR count). The van der Waals surface area contributed by atoms with E-state index in [-0.39, 0.29) is 0 Å². The van der Waals surface area contributed by atoms with Crippen LogP contribution in [0.25, 0.3) is 0 Å². The smallest absolute Gasteiger partial charge is 0.148 e. The summed E-state index contributed by atoms with van der Waals surface area (Å²) in [6.45, 7) is 6.24. The highest BCUT2D eigenvalue weighted by Crippen LogP contribution is 2.13. The average molecular weight is 153 g/mol. The van der Waals surface area contributed by atoms with Crippen LogP contribution in [-0.2, 0) is 0 Å². The maximum atomic E-state index is 5.60. The summed E-state index contributed by atoms with van der Waals surface area (Å²) in [5, 5.41) is 4.18. The minimum absolute atomic E-state index is 0.450. The number of nitrogens with two attached hydrogens (primary N) is 1. The molecule has 0 aliphatic rings. The first-order valence-electron chi connectivity index (χ1n) is 3.96. The van der Waals surface area contributed by atoms with E-state index in [2.05, 4.69) is 18.9 Å². The van der Waals surface area contributed by atoms with E-state index < -0.39 is 0 Å². The van der Waals surface area contributed by atoms with Gasteiger partial charge in [0.2, 0.25) is 0 Å². The third kappa shape index (κ3) is 1.53. The number of hydrogen-bond acceptors (Lipinski definition) is 2. The molecule has 0 radical (unpaired) electrons. The SMILES string of the molecule is CCC(C)n1cc(C)c(N)n1. The third-order valence-electron chi connectivity index (χ3n) is 2.00. The van der Waals surface area contributed by atoms with Gasteiger partial charge in [0.05, 0.1) is 0 Å². The Kier molecular flexibility index (Phi) is 2.17. The number of aromatic nitrogens is 2. The van der Waals surface area contributed by atoms with Crippen molar-refractivity contribution in [2.45, 2.75) is 33.2 Å². The Labute approximate surface area is 67.2 Å². The normalized spacial score (nSPS) is 13.4. The zero-order valence-electron chi connectivity index (χ0n) is 7.33. The van der Waals surface area contributed by atoms with Crippen molar-refractivity contribution in [3.05, 3.63) is 11.8 Å². The van der Waals surface area contributed by atoms with Gasteiger partial charge in [-0.05, 0) is 20.3 Å². The molecule has 0 fully saturated rings. The van der Waals surface area contributed by atoms with Crippen molar-refractivity contribution in [3.63, 3.8) is 0 Å². The van der Waals surface area contributed by atoms with E-state index in [1.165, 1.54) is 0 Å². The summed E-state index contributed by atoms with van der Waals surface area (Å²) in [4.78, 5) is 0. The van der Waals surface area contributed by atoms with Crippen LogP contribution in [-0.4, -0.2) is 9.78 Å². The summed E-state index contributed by atoms with van der Waals surface area (Å²) in [6, 6.07) is 0.450. The van der Waals surface area contributed by atoms with Crippen LogP contribution in [0.15, 0.2) is 6.20 Å². The molecule has 0 aliphatic heterocycles. The van der Waals surface area contributed by atoms with Crippen molar-refractivity contribution in [2.24, 2.45) is 0 Å². The predicted molar refractivity (Wildman–Crippen MR) is 46.4 cm³/mol. The van der Waals surface area contributed by atoms with E-state index in [0.717, 1.165) is 12.0 Å². The first-order valence-corrected chi connectivity index (χ1v) is 3.96. The Hall–Kier alpha value is -0.990. The summed E-state index contributed by atoms with van der Waals surface area (Å²) >= 11 is 0. The lowest BCUT2D eigenvalue weighted by Gasteiger charge is -2.07. The van der Waals surface area contributed by atoms with Crippen LogP contribution in [0.1, 0.15) is 31.9 Å². The van der Waals surface area contributed by atoms with Crippen molar-refractivity contribution < 1.29 is 0 Å². The summed E-state index contributed by atoms with van der Waals surface area (Å²) in [5.41, 5.74) is 6.66. The van der Waals surface area contributed by atoms with Gasteiger partial charge >= 0.3 is 0 Å². The Morgan fingerprint density at radius 1 is 1.73 bits per heavy atom. The summed E-state index contributed by atoms with van der Waals surface area (Å²) in [6.07, 6.45) is 3.07. The number of nitrogen functional groups attached to an aromatic ring is 1. The lowest BCUT2D eigenvalue weighted by Crippen LogP contribution is -2.04. The van der Waals surface area contributed by atoms with Crippen molar-refractivity contribution in [1.29, 1.82) is 0 Å². The first kappa shape index (κ1) is 8.11. The summed E-state index contributed by atoms with van der Waals surface area (Å²) < 4.78 is 1.92. The van der Waals surface area contributed by atoms with Crippen molar-refractivity contribution in [2.75, 3.05) is 5.73 Å². The van der Waals surface area contributed by atoms with Crippen LogP contribution in [0, 0.1) is 6.92 Å². The van der Waals surface area contributed by atoms with Crippen LogP contribution in [0.3, 0.4) is 0 Å². The van der Waals surface area contributed by atoms with Gasteiger partial charge in [0.25, 0.3) is 0 Å². The minimum Gasteiger partial charge on any atom is -0.382 e. The van der Waals surface area contributed by atoms with Gasteiger partial charge in [-0.1, -0.05) is 6.92 Å².